The van der Waals surface area contributed by atoms with Crippen LogP contribution in [0.5, 0.6) is 0 Å². The van der Waals surface area contributed by atoms with E-state index in [1.54, 1.807) is 6.26 Å². The van der Waals surface area contributed by atoms with Crippen molar-refractivity contribution in [3.63, 3.8) is 0 Å². The van der Waals surface area contributed by atoms with Crippen LogP contribution in [0.25, 0.3) is 0 Å². The standard InChI is InChI=1S/C18H29N3O3/c1-14(2)12-20-8-10-23-15(13-20)11-19-18(22)21-7-3-5-16(21)17-6-4-9-24-17/h4,6,9,14-16H,3,5,7-8,10-13H2,1-2H3,(H,19,22). The zero-order valence-corrected chi connectivity index (χ0v) is 14.7. The fourth-order valence-corrected chi connectivity index (χ4v) is 3.68. The number of carbonyl (C=O) groups excluding carboxylic acids is 1. The second-order valence-electron chi connectivity index (χ2n) is 7.20. The van der Waals surface area contributed by atoms with Gasteiger partial charge in [0.05, 0.1) is 25.0 Å². The quantitative estimate of drug-likeness (QED) is 0.898. The molecule has 2 saturated heterocycles. The van der Waals surface area contributed by atoms with Crippen LogP contribution in [0, 0.1) is 5.92 Å². The number of carbonyl (C=O) groups is 1. The van der Waals surface area contributed by atoms with E-state index < -0.39 is 0 Å². The summed E-state index contributed by atoms with van der Waals surface area (Å²) in [5, 5.41) is 3.05. The van der Waals surface area contributed by atoms with Gasteiger partial charge in [-0.15, -0.1) is 0 Å². The molecule has 134 valence electrons. The normalized spacial score (nSPS) is 25.4. The first-order chi connectivity index (χ1) is 11.6. The molecule has 6 nitrogen and oxygen atoms in total. The van der Waals surface area contributed by atoms with E-state index in [0.717, 1.165) is 51.4 Å². The first-order valence-electron chi connectivity index (χ1n) is 9.05. The Hall–Kier alpha value is -1.53. The monoisotopic (exact) mass is 335 g/mol. The SMILES string of the molecule is CC(C)CN1CCOC(CNC(=O)N2CCCC2c2ccco2)C1. The summed E-state index contributed by atoms with van der Waals surface area (Å²) in [5.74, 6) is 1.52. The maximum Gasteiger partial charge on any atom is 0.318 e. The number of morpholine rings is 1. The molecule has 1 N–H and O–H groups in total. The average Bonchev–Trinajstić information content (AvgIpc) is 3.22. The molecule has 0 spiro atoms. The van der Waals surface area contributed by atoms with E-state index in [-0.39, 0.29) is 18.2 Å². The lowest BCUT2D eigenvalue weighted by Gasteiger charge is -2.34. The smallest absolute Gasteiger partial charge is 0.318 e. The van der Waals surface area contributed by atoms with Gasteiger partial charge in [-0.05, 0) is 30.9 Å². The third kappa shape index (κ3) is 4.30. The maximum atomic E-state index is 12.6. The minimum absolute atomic E-state index is 0.0153. The zero-order chi connectivity index (χ0) is 16.9. The Bertz CT molecular complexity index is 518. The molecule has 1 aromatic heterocycles. The van der Waals surface area contributed by atoms with Gasteiger partial charge in [-0.1, -0.05) is 13.8 Å². The van der Waals surface area contributed by atoms with Gasteiger partial charge in [0.15, 0.2) is 0 Å². The molecule has 2 amide bonds. The van der Waals surface area contributed by atoms with Crippen molar-refractivity contribution in [2.75, 3.05) is 39.3 Å². The highest BCUT2D eigenvalue weighted by atomic mass is 16.5. The van der Waals surface area contributed by atoms with Crippen molar-refractivity contribution in [3.05, 3.63) is 24.2 Å². The van der Waals surface area contributed by atoms with Crippen molar-refractivity contribution < 1.29 is 13.9 Å². The maximum absolute atomic E-state index is 12.6. The number of nitrogens with zero attached hydrogens (tertiary/aromatic N) is 2. The molecule has 0 aliphatic carbocycles. The highest BCUT2D eigenvalue weighted by molar-refractivity contribution is 5.75. The lowest BCUT2D eigenvalue weighted by Crippen LogP contribution is -2.50. The zero-order valence-electron chi connectivity index (χ0n) is 14.7. The van der Waals surface area contributed by atoms with Crippen molar-refractivity contribution in [2.45, 2.75) is 38.8 Å². The molecular weight excluding hydrogens is 306 g/mol. The van der Waals surface area contributed by atoms with Crippen molar-refractivity contribution in [3.8, 4) is 0 Å². The second kappa shape index (κ2) is 8.03. The van der Waals surface area contributed by atoms with E-state index in [1.807, 2.05) is 17.0 Å². The number of furan rings is 1. The van der Waals surface area contributed by atoms with Gasteiger partial charge in [-0.2, -0.15) is 0 Å². The Morgan fingerprint density at radius 3 is 3.04 bits per heavy atom. The third-order valence-electron chi connectivity index (χ3n) is 4.71. The fraction of sp³-hybridized carbons (Fsp3) is 0.722. The first kappa shape index (κ1) is 17.3. The summed E-state index contributed by atoms with van der Waals surface area (Å²) in [6, 6.07) is 3.87. The molecule has 2 fully saturated rings. The van der Waals surface area contributed by atoms with Crippen LogP contribution in [0.3, 0.4) is 0 Å². The average molecular weight is 335 g/mol. The molecule has 0 saturated carbocycles. The number of amides is 2. The Morgan fingerprint density at radius 1 is 1.42 bits per heavy atom. The van der Waals surface area contributed by atoms with Crippen molar-refractivity contribution >= 4 is 6.03 Å². The topological polar surface area (TPSA) is 58.0 Å². The van der Waals surface area contributed by atoms with Crippen LogP contribution in [-0.2, 0) is 4.74 Å². The van der Waals surface area contributed by atoms with Crippen molar-refractivity contribution in [1.82, 2.24) is 15.1 Å². The molecule has 3 rings (SSSR count). The van der Waals surface area contributed by atoms with Crippen molar-refractivity contribution in [2.24, 2.45) is 5.92 Å². The highest BCUT2D eigenvalue weighted by Gasteiger charge is 2.32. The molecule has 24 heavy (non-hydrogen) atoms. The lowest BCUT2D eigenvalue weighted by atomic mass is 10.1. The molecule has 0 radical (unpaired) electrons. The fourth-order valence-electron chi connectivity index (χ4n) is 3.68. The molecule has 0 bridgehead atoms. The Labute approximate surface area is 144 Å². The predicted molar refractivity (Wildman–Crippen MR) is 91.8 cm³/mol. The highest BCUT2D eigenvalue weighted by Crippen LogP contribution is 2.31. The Balaban J connectivity index is 1.48. The first-order valence-corrected chi connectivity index (χ1v) is 9.05. The second-order valence-corrected chi connectivity index (χ2v) is 7.20. The van der Waals surface area contributed by atoms with Gasteiger partial charge in [0.2, 0.25) is 0 Å². The molecule has 3 heterocycles. The number of urea groups is 1. The summed E-state index contributed by atoms with van der Waals surface area (Å²) in [6.07, 6.45) is 3.72. The van der Waals surface area contributed by atoms with Crippen LogP contribution in [0.15, 0.2) is 22.8 Å². The van der Waals surface area contributed by atoms with Crippen molar-refractivity contribution in [1.29, 1.82) is 0 Å². The Morgan fingerprint density at radius 2 is 2.29 bits per heavy atom. The molecule has 2 aliphatic rings. The minimum Gasteiger partial charge on any atom is -0.467 e. The van der Waals surface area contributed by atoms with Gasteiger partial charge in [0, 0.05) is 32.7 Å². The van der Waals surface area contributed by atoms with E-state index in [9.17, 15) is 4.79 Å². The number of rotatable bonds is 5. The van der Waals surface area contributed by atoms with Gasteiger partial charge in [-0.3, -0.25) is 4.90 Å². The van der Waals surface area contributed by atoms with E-state index >= 15 is 0 Å². The van der Waals surface area contributed by atoms with E-state index in [2.05, 4.69) is 24.1 Å². The predicted octanol–water partition coefficient (Wildman–Crippen LogP) is 2.48. The van der Waals surface area contributed by atoms with Gasteiger partial charge in [0.25, 0.3) is 0 Å². The molecule has 6 heteroatoms. The summed E-state index contributed by atoms with van der Waals surface area (Å²) in [4.78, 5) is 16.9. The van der Waals surface area contributed by atoms with Gasteiger partial charge < -0.3 is 19.4 Å². The minimum atomic E-state index is -0.0153. The van der Waals surface area contributed by atoms with Crippen LogP contribution in [0.2, 0.25) is 0 Å². The molecule has 0 aromatic carbocycles. The lowest BCUT2D eigenvalue weighted by molar-refractivity contribution is -0.0294. The van der Waals surface area contributed by atoms with Crippen LogP contribution in [0.4, 0.5) is 4.79 Å². The van der Waals surface area contributed by atoms with Gasteiger partial charge >= 0.3 is 6.03 Å². The molecule has 2 atom stereocenters. The van der Waals surface area contributed by atoms with E-state index in [0.29, 0.717) is 12.5 Å². The van der Waals surface area contributed by atoms with E-state index in [4.69, 9.17) is 9.15 Å². The van der Waals surface area contributed by atoms with E-state index in [1.165, 1.54) is 0 Å². The molecular formula is C18H29N3O3. The van der Waals surface area contributed by atoms with Crippen LogP contribution in [-0.4, -0.2) is 61.3 Å². The molecule has 2 unspecified atom stereocenters. The summed E-state index contributed by atoms with van der Waals surface area (Å²) in [5.41, 5.74) is 0. The molecule has 1 aromatic rings. The van der Waals surface area contributed by atoms with Gasteiger partial charge in [0.1, 0.15) is 5.76 Å². The summed E-state index contributed by atoms with van der Waals surface area (Å²) in [7, 11) is 0. The molecule has 2 aliphatic heterocycles. The van der Waals surface area contributed by atoms with Crippen LogP contribution >= 0.6 is 0 Å². The van der Waals surface area contributed by atoms with Crippen LogP contribution < -0.4 is 5.32 Å². The van der Waals surface area contributed by atoms with Gasteiger partial charge in [-0.25, -0.2) is 4.79 Å². The van der Waals surface area contributed by atoms with Crippen LogP contribution in [0.1, 0.15) is 38.5 Å². The number of hydrogen-bond acceptors (Lipinski definition) is 4. The number of nitrogens with one attached hydrogen (secondary N) is 1. The number of likely N-dealkylation sites (tertiary alicyclic amines) is 1. The number of hydrogen-bond donors (Lipinski definition) is 1. The summed E-state index contributed by atoms with van der Waals surface area (Å²) < 4.78 is 11.3. The summed E-state index contributed by atoms with van der Waals surface area (Å²) >= 11 is 0. The Kier molecular flexibility index (Phi) is 5.79. The number of ether oxygens (including phenoxy) is 1. The third-order valence-corrected chi connectivity index (χ3v) is 4.71. The summed E-state index contributed by atoms with van der Waals surface area (Å²) in [6.45, 7) is 9.50. The largest absolute Gasteiger partial charge is 0.467 e.